The first-order valence-electron chi connectivity index (χ1n) is 12.9. The summed E-state index contributed by atoms with van der Waals surface area (Å²) in [5.74, 6) is 0.0575. The fraction of sp³-hybridized carbons (Fsp3) is 0.156. The van der Waals surface area contributed by atoms with E-state index in [4.69, 9.17) is 5.73 Å². The lowest BCUT2D eigenvalue weighted by Gasteiger charge is -2.20. The topological polar surface area (TPSA) is 84.8 Å². The monoisotopic (exact) mass is 519 g/mol. The molecule has 0 spiro atoms. The predicted molar refractivity (Wildman–Crippen MR) is 156 cm³/mol. The number of halogens is 1. The number of nitrogens with two attached hydrogens (primary N) is 1. The van der Waals surface area contributed by atoms with Crippen LogP contribution in [0.4, 0.5) is 10.1 Å². The van der Waals surface area contributed by atoms with Crippen LogP contribution in [0.1, 0.15) is 46.1 Å². The predicted octanol–water partition coefficient (Wildman–Crippen LogP) is 6.43. The van der Waals surface area contributed by atoms with Crippen LogP contribution in [-0.4, -0.2) is 28.2 Å². The van der Waals surface area contributed by atoms with Crippen LogP contribution in [0.3, 0.4) is 0 Å². The smallest absolute Gasteiger partial charge is 0.248 e. The molecule has 196 valence electrons. The average Bonchev–Trinajstić information content (AvgIpc) is 3.24. The van der Waals surface area contributed by atoms with Crippen molar-refractivity contribution in [2.24, 2.45) is 16.6 Å². The van der Waals surface area contributed by atoms with Crippen molar-refractivity contribution in [3.8, 4) is 0 Å². The Morgan fingerprint density at radius 1 is 1.13 bits per heavy atom. The second-order valence-electron chi connectivity index (χ2n) is 9.48. The largest absolute Gasteiger partial charge is 0.366 e. The van der Waals surface area contributed by atoms with E-state index in [1.165, 1.54) is 0 Å². The van der Waals surface area contributed by atoms with Crippen molar-refractivity contribution in [3.05, 3.63) is 125 Å². The highest BCUT2D eigenvalue weighted by Gasteiger charge is 2.20. The minimum atomic E-state index is -0.496. The lowest BCUT2D eigenvalue weighted by Crippen LogP contribution is -2.17. The number of nitrogens with one attached hydrogen (secondary N) is 1. The molecule has 7 heteroatoms. The number of allylic oxidation sites excluding steroid dienone is 6. The van der Waals surface area contributed by atoms with Gasteiger partial charge in [-0.15, -0.1) is 0 Å². The van der Waals surface area contributed by atoms with Gasteiger partial charge in [0.05, 0.1) is 6.20 Å². The lowest BCUT2D eigenvalue weighted by molar-refractivity contribution is 0.100. The Kier molecular flexibility index (Phi) is 7.23. The number of hydrogen-bond acceptors (Lipinski definition) is 3. The van der Waals surface area contributed by atoms with Gasteiger partial charge in [0.1, 0.15) is 17.2 Å². The minimum Gasteiger partial charge on any atom is -0.366 e. The van der Waals surface area contributed by atoms with Crippen molar-refractivity contribution in [1.29, 1.82) is 0 Å². The third kappa shape index (κ3) is 5.16. The normalized spacial score (nSPS) is 15.6. The fourth-order valence-corrected chi connectivity index (χ4v) is 4.95. The molecule has 2 aromatic carbocycles. The second-order valence-corrected chi connectivity index (χ2v) is 9.48. The molecule has 1 unspecified atom stereocenters. The van der Waals surface area contributed by atoms with E-state index in [0.717, 1.165) is 40.0 Å². The summed E-state index contributed by atoms with van der Waals surface area (Å²) >= 11 is 0. The molecule has 0 fully saturated rings. The number of amides is 1. The van der Waals surface area contributed by atoms with Crippen LogP contribution in [0, 0.1) is 18.7 Å². The van der Waals surface area contributed by atoms with Crippen molar-refractivity contribution >= 4 is 34.2 Å². The number of nitrogens with zero attached hydrogens (tertiary/aromatic N) is 3. The van der Waals surface area contributed by atoms with E-state index >= 15 is 0 Å². The first-order chi connectivity index (χ1) is 18.9. The Morgan fingerprint density at radius 3 is 2.69 bits per heavy atom. The Labute approximate surface area is 227 Å². The molecular formula is C32H30FN5O. The molecule has 1 aliphatic carbocycles. The Bertz CT molecular complexity index is 1690. The Hall–Kier alpha value is -4.78. The van der Waals surface area contributed by atoms with Gasteiger partial charge in [-0.3, -0.25) is 14.2 Å². The molecule has 0 saturated carbocycles. The van der Waals surface area contributed by atoms with Gasteiger partial charge in [0.15, 0.2) is 5.84 Å². The van der Waals surface area contributed by atoms with E-state index in [1.54, 1.807) is 44.4 Å². The van der Waals surface area contributed by atoms with Crippen LogP contribution >= 0.6 is 0 Å². The maximum absolute atomic E-state index is 14.2. The van der Waals surface area contributed by atoms with Crippen LogP contribution in [0.15, 0.2) is 96.3 Å². The molecule has 4 aromatic rings. The number of aliphatic imine (C=N–C) groups is 1. The summed E-state index contributed by atoms with van der Waals surface area (Å²) in [4.78, 5) is 20.7. The summed E-state index contributed by atoms with van der Waals surface area (Å²) in [6, 6.07) is 16.3. The van der Waals surface area contributed by atoms with Crippen molar-refractivity contribution in [3.63, 3.8) is 0 Å². The van der Waals surface area contributed by atoms with Gasteiger partial charge in [-0.2, -0.15) is 0 Å². The summed E-state index contributed by atoms with van der Waals surface area (Å²) in [7, 11) is 1.70. The lowest BCUT2D eigenvalue weighted by atomic mass is 9.84. The maximum atomic E-state index is 14.2. The van der Waals surface area contributed by atoms with E-state index in [9.17, 15) is 9.18 Å². The number of anilines is 1. The summed E-state index contributed by atoms with van der Waals surface area (Å²) in [5.41, 5.74) is 12.9. The van der Waals surface area contributed by atoms with Gasteiger partial charge in [-0.25, -0.2) is 9.37 Å². The van der Waals surface area contributed by atoms with Crippen molar-refractivity contribution in [2.75, 3.05) is 12.4 Å². The molecular weight excluding hydrogens is 489 g/mol. The number of fused-ring (bicyclic) bond motifs is 1. The fourth-order valence-electron chi connectivity index (χ4n) is 4.95. The quantitative estimate of drug-likeness (QED) is 0.227. The highest BCUT2D eigenvalue weighted by molar-refractivity contribution is 6.08. The van der Waals surface area contributed by atoms with Crippen LogP contribution < -0.4 is 11.1 Å². The Balaban J connectivity index is 1.62. The van der Waals surface area contributed by atoms with Gasteiger partial charge in [0.2, 0.25) is 5.91 Å². The number of benzene rings is 2. The maximum Gasteiger partial charge on any atom is 0.248 e. The molecule has 0 aliphatic heterocycles. The molecule has 0 radical (unpaired) electrons. The summed E-state index contributed by atoms with van der Waals surface area (Å²) < 4.78 is 16.2. The number of carbonyl (C=O) groups excluding carboxylic acids is 1. The first-order valence-corrected chi connectivity index (χ1v) is 12.9. The highest BCUT2D eigenvalue weighted by Crippen LogP contribution is 2.38. The van der Waals surface area contributed by atoms with E-state index in [-0.39, 0.29) is 11.7 Å². The molecule has 0 bridgehead atoms. The van der Waals surface area contributed by atoms with E-state index in [0.29, 0.717) is 22.6 Å². The number of aryl methyl sites for hydroxylation is 1. The number of aromatic nitrogens is 2. The summed E-state index contributed by atoms with van der Waals surface area (Å²) in [6.07, 6.45) is 13.2. The number of carbonyl (C=O) groups is 1. The standard InChI is InChI=1S/C32H30FN5O/c1-4-21-8-5-6-11-26(30(21)22-12-14-27(33)20(2)16-22)24-13-15-29-36-18-28(38(29)19-24)32(35-3)37-25-10-7-9-23(17-25)31(34)39/h5-19,21H,4H2,1-3H3,(H2,34,39)(H,35,37). The average molecular weight is 520 g/mol. The molecule has 2 aromatic heterocycles. The van der Waals surface area contributed by atoms with Gasteiger partial charge in [-0.1, -0.05) is 43.4 Å². The number of amidine groups is 1. The Morgan fingerprint density at radius 2 is 1.95 bits per heavy atom. The number of pyridine rings is 1. The van der Waals surface area contributed by atoms with Crippen LogP contribution in [-0.2, 0) is 0 Å². The van der Waals surface area contributed by atoms with Crippen LogP contribution in [0.25, 0.3) is 16.8 Å². The summed E-state index contributed by atoms with van der Waals surface area (Å²) in [5, 5.41) is 3.30. The van der Waals surface area contributed by atoms with Gasteiger partial charge in [0, 0.05) is 30.4 Å². The van der Waals surface area contributed by atoms with Crippen LogP contribution in [0.5, 0.6) is 0 Å². The molecule has 1 aliphatic rings. The number of primary amides is 1. The SMILES string of the molecule is CCC1C=CC=CC(c2ccc3ncc(C(=NC)Nc4cccc(C(N)=O)c4)n3c2)=C1c1ccc(F)c(C)c1. The molecule has 1 amide bonds. The molecule has 6 nitrogen and oxygen atoms in total. The third-order valence-corrected chi connectivity index (χ3v) is 6.98. The molecule has 0 saturated heterocycles. The van der Waals surface area contributed by atoms with E-state index in [1.807, 2.05) is 34.7 Å². The third-order valence-electron chi connectivity index (χ3n) is 6.98. The molecule has 1 atom stereocenters. The zero-order valence-electron chi connectivity index (χ0n) is 22.1. The van der Waals surface area contributed by atoms with Gasteiger partial charge in [-0.05, 0) is 83.6 Å². The molecule has 39 heavy (non-hydrogen) atoms. The van der Waals surface area contributed by atoms with Crippen molar-refractivity contribution in [2.45, 2.75) is 20.3 Å². The van der Waals surface area contributed by atoms with Gasteiger partial charge >= 0.3 is 0 Å². The first kappa shape index (κ1) is 25.9. The minimum absolute atomic E-state index is 0.171. The second kappa shape index (κ2) is 10.9. The van der Waals surface area contributed by atoms with Gasteiger partial charge in [0.25, 0.3) is 0 Å². The van der Waals surface area contributed by atoms with Crippen molar-refractivity contribution < 1.29 is 9.18 Å². The molecule has 2 heterocycles. The molecule has 5 rings (SSSR count). The number of hydrogen-bond donors (Lipinski definition) is 2. The molecule has 3 N–H and O–H groups in total. The highest BCUT2D eigenvalue weighted by atomic mass is 19.1. The van der Waals surface area contributed by atoms with E-state index in [2.05, 4.69) is 52.7 Å². The van der Waals surface area contributed by atoms with Crippen LogP contribution in [0.2, 0.25) is 0 Å². The zero-order chi connectivity index (χ0) is 27.5. The zero-order valence-corrected chi connectivity index (χ0v) is 22.1. The number of imidazole rings is 1. The van der Waals surface area contributed by atoms with E-state index < -0.39 is 5.91 Å². The number of rotatable bonds is 6. The van der Waals surface area contributed by atoms with Crippen molar-refractivity contribution in [1.82, 2.24) is 9.38 Å². The van der Waals surface area contributed by atoms with Gasteiger partial charge < -0.3 is 11.1 Å². The summed E-state index contributed by atoms with van der Waals surface area (Å²) in [6.45, 7) is 3.96.